The van der Waals surface area contributed by atoms with E-state index in [0.717, 1.165) is 11.1 Å². The van der Waals surface area contributed by atoms with Gasteiger partial charge in [-0.2, -0.15) is 0 Å². The Morgan fingerprint density at radius 2 is 1.65 bits per heavy atom. The van der Waals surface area contributed by atoms with Crippen molar-refractivity contribution in [3.8, 4) is 0 Å². The van der Waals surface area contributed by atoms with Crippen molar-refractivity contribution < 1.29 is 13.2 Å². The highest BCUT2D eigenvalue weighted by Crippen LogP contribution is 2.24. The van der Waals surface area contributed by atoms with Gasteiger partial charge in [-0.25, -0.2) is 33.1 Å². The average molecular weight is 555 g/mol. The number of aryl methyl sites for hydroxylation is 3. The molecular formula is C25H23ClN6O3S2. The van der Waals surface area contributed by atoms with Crippen molar-refractivity contribution in [3.05, 3.63) is 94.0 Å². The van der Waals surface area contributed by atoms with Gasteiger partial charge in [-0.1, -0.05) is 47.6 Å². The van der Waals surface area contributed by atoms with Crippen molar-refractivity contribution in [2.45, 2.75) is 36.6 Å². The van der Waals surface area contributed by atoms with Crippen molar-refractivity contribution in [1.29, 1.82) is 0 Å². The van der Waals surface area contributed by atoms with Crippen molar-refractivity contribution >= 4 is 50.9 Å². The Kier molecular flexibility index (Phi) is 8.06. The lowest BCUT2D eigenvalue weighted by molar-refractivity contribution is 0.102. The van der Waals surface area contributed by atoms with Crippen molar-refractivity contribution in [2.24, 2.45) is 0 Å². The van der Waals surface area contributed by atoms with Crippen LogP contribution in [-0.2, 0) is 15.8 Å². The predicted octanol–water partition coefficient (Wildman–Crippen LogP) is 5.19. The number of nitrogens with one attached hydrogen (secondary N) is 2. The predicted molar refractivity (Wildman–Crippen MR) is 144 cm³/mol. The van der Waals surface area contributed by atoms with Crippen LogP contribution in [0.3, 0.4) is 0 Å². The number of thioether (sulfide) groups is 1. The SMILES string of the molecule is Cc1cc(C)nc(NS(=O)(=O)c2ccc(NC(=O)c3nc(SCc4ccccc4C)ncc3Cl)cc2)n1. The fourth-order valence-corrected chi connectivity index (χ4v) is 5.36. The molecule has 0 saturated heterocycles. The zero-order chi connectivity index (χ0) is 26.6. The lowest BCUT2D eigenvalue weighted by atomic mass is 10.1. The summed E-state index contributed by atoms with van der Waals surface area (Å²) in [6.45, 7) is 5.53. The zero-order valence-corrected chi connectivity index (χ0v) is 22.6. The first-order chi connectivity index (χ1) is 17.6. The molecule has 2 heterocycles. The van der Waals surface area contributed by atoms with E-state index in [-0.39, 0.29) is 21.6 Å². The number of amides is 1. The Hall–Kier alpha value is -3.54. The van der Waals surface area contributed by atoms with E-state index in [9.17, 15) is 13.2 Å². The zero-order valence-electron chi connectivity index (χ0n) is 20.2. The van der Waals surface area contributed by atoms with E-state index < -0.39 is 15.9 Å². The normalized spacial score (nSPS) is 11.2. The Balaban J connectivity index is 1.44. The van der Waals surface area contributed by atoms with Crippen LogP contribution in [0, 0.1) is 20.8 Å². The second-order valence-electron chi connectivity index (χ2n) is 8.12. The Bertz CT molecular complexity index is 1540. The summed E-state index contributed by atoms with van der Waals surface area (Å²) in [5.41, 5.74) is 3.98. The maximum Gasteiger partial charge on any atom is 0.275 e. The molecule has 2 N–H and O–H groups in total. The molecule has 0 aliphatic heterocycles. The quantitative estimate of drug-likeness (QED) is 0.225. The van der Waals surface area contributed by atoms with Crippen LogP contribution in [0.1, 0.15) is 33.0 Å². The summed E-state index contributed by atoms with van der Waals surface area (Å²) in [6.07, 6.45) is 1.39. The second kappa shape index (κ2) is 11.2. The van der Waals surface area contributed by atoms with Crippen LogP contribution in [0.25, 0.3) is 0 Å². The Morgan fingerprint density at radius 1 is 0.973 bits per heavy atom. The number of hydrogen-bond acceptors (Lipinski definition) is 8. The summed E-state index contributed by atoms with van der Waals surface area (Å²) in [6, 6.07) is 15.4. The summed E-state index contributed by atoms with van der Waals surface area (Å²) in [5.74, 6) is 0.0962. The largest absolute Gasteiger partial charge is 0.321 e. The number of halogens is 1. The third-order valence-electron chi connectivity index (χ3n) is 5.19. The van der Waals surface area contributed by atoms with Gasteiger partial charge in [0.2, 0.25) is 5.95 Å². The van der Waals surface area contributed by atoms with Gasteiger partial charge in [0.25, 0.3) is 15.9 Å². The fourth-order valence-electron chi connectivity index (χ4n) is 3.35. The van der Waals surface area contributed by atoms with Gasteiger partial charge in [0.15, 0.2) is 10.9 Å². The van der Waals surface area contributed by atoms with E-state index in [1.807, 2.05) is 31.2 Å². The van der Waals surface area contributed by atoms with E-state index in [0.29, 0.717) is 28.0 Å². The van der Waals surface area contributed by atoms with Crippen molar-refractivity contribution in [1.82, 2.24) is 19.9 Å². The first-order valence-corrected chi connectivity index (χ1v) is 13.9. The third-order valence-corrected chi connectivity index (χ3v) is 7.72. The van der Waals surface area contributed by atoms with Crippen molar-refractivity contribution in [2.75, 3.05) is 10.0 Å². The summed E-state index contributed by atoms with van der Waals surface area (Å²) in [5, 5.41) is 3.21. The molecule has 9 nitrogen and oxygen atoms in total. The monoisotopic (exact) mass is 554 g/mol. The fraction of sp³-hybridized carbons (Fsp3) is 0.160. The minimum absolute atomic E-state index is 0.00983. The maximum absolute atomic E-state index is 12.9. The summed E-state index contributed by atoms with van der Waals surface area (Å²) in [7, 11) is -3.92. The molecule has 0 saturated carbocycles. The van der Waals surface area contributed by atoms with Gasteiger partial charge < -0.3 is 5.32 Å². The molecule has 190 valence electrons. The molecule has 12 heteroatoms. The van der Waals surface area contributed by atoms with Gasteiger partial charge in [-0.15, -0.1) is 0 Å². The minimum Gasteiger partial charge on any atom is -0.321 e. The summed E-state index contributed by atoms with van der Waals surface area (Å²) >= 11 is 7.59. The van der Waals surface area contributed by atoms with Crippen LogP contribution in [0.5, 0.6) is 0 Å². The molecule has 0 radical (unpaired) electrons. The standard InChI is InChI=1S/C25H23ClN6O3S2/c1-15-6-4-5-7-18(15)14-36-25-27-13-21(26)22(31-25)23(33)30-19-8-10-20(11-9-19)37(34,35)32-24-28-16(2)12-17(3)29-24/h4-13H,14H2,1-3H3,(H,30,33)(H,28,29,32). The molecule has 0 spiro atoms. The average Bonchev–Trinajstić information content (AvgIpc) is 2.83. The lowest BCUT2D eigenvalue weighted by Crippen LogP contribution is -2.17. The van der Waals surface area contributed by atoms with Gasteiger partial charge in [-0.3, -0.25) is 4.79 Å². The Morgan fingerprint density at radius 3 is 2.32 bits per heavy atom. The number of carbonyl (C=O) groups is 1. The maximum atomic E-state index is 12.9. The van der Waals surface area contributed by atoms with Crippen molar-refractivity contribution in [3.63, 3.8) is 0 Å². The molecule has 1 amide bonds. The molecule has 0 atom stereocenters. The Labute approximate surface area is 224 Å². The molecule has 4 rings (SSSR count). The van der Waals surface area contributed by atoms with E-state index in [2.05, 4.69) is 30.0 Å². The van der Waals surface area contributed by atoms with E-state index in [1.54, 1.807) is 19.9 Å². The highest BCUT2D eigenvalue weighted by molar-refractivity contribution is 7.98. The summed E-state index contributed by atoms with van der Waals surface area (Å²) < 4.78 is 27.8. The molecule has 0 bridgehead atoms. The second-order valence-corrected chi connectivity index (χ2v) is 11.2. The smallest absolute Gasteiger partial charge is 0.275 e. The van der Waals surface area contributed by atoms with Gasteiger partial charge in [0.05, 0.1) is 16.1 Å². The molecule has 4 aromatic rings. The molecule has 0 aliphatic rings. The number of nitrogens with zero attached hydrogens (tertiary/aromatic N) is 4. The van der Waals surface area contributed by atoms with Crippen LogP contribution >= 0.6 is 23.4 Å². The van der Waals surface area contributed by atoms with Gasteiger partial charge in [0.1, 0.15) is 0 Å². The highest BCUT2D eigenvalue weighted by atomic mass is 35.5. The topological polar surface area (TPSA) is 127 Å². The van der Waals surface area contributed by atoms with Crippen LogP contribution in [-0.4, -0.2) is 34.3 Å². The number of rotatable bonds is 8. The van der Waals surface area contributed by atoms with Crippen LogP contribution in [0.2, 0.25) is 5.02 Å². The van der Waals surface area contributed by atoms with Crippen LogP contribution in [0.15, 0.2) is 70.8 Å². The molecule has 0 fully saturated rings. The van der Waals surface area contributed by atoms with Crippen LogP contribution in [0.4, 0.5) is 11.6 Å². The molecule has 2 aromatic heterocycles. The molecule has 0 aliphatic carbocycles. The number of aromatic nitrogens is 4. The van der Waals surface area contributed by atoms with E-state index in [1.165, 1.54) is 42.2 Å². The third kappa shape index (κ3) is 6.82. The van der Waals surface area contributed by atoms with Gasteiger partial charge in [0, 0.05) is 22.8 Å². The van der Waals surface area contributed by atoms with Gasteiger partial charge in [-0.05, 0) is 62.2 Å². The first-order valence-electron chi connectivity index (χ1n) is 11.1. The highest BCUT2D eigenvalue weighted by Gasteiger charge is 2.18. The number of hydrogen-bond donors (Lipinski definition) is 2. The number of sulfonamides is 1. The minimum atomic E-state index is -3.92. The molecule has 2 aromatic carbocycles. The molecule has 37 heavy (non-hydrogen) atoms. The number of carbonyl (C=O) groups excluding carboxylic acids is 1. The molecule has 0 unspecified atom stereocenters. The van der Waals surface area contributed by atoms with E-state index in [4.69, 9.17) is 11.6 Å². The summed E-state index contributed by atoms with van der Waals surface area (Å²) in [4.78, 5) is 29.6. The molecular weight excluding hydrogens is 532 g/mol. The first kappa shape index (κ1) is 26.5. The van der Waals surface area contributed by atoms with Gasteiger partial charge >= 0.3 is 0 Å². The number of anilines is 2. The van der Waals surface area contributed by atoms with E-state index >= 15 is 0 Å². The number of benzene rings is 2. The van der Waals surface area contributed by atoms with Crippen LogP contribution < -0.4 is 10.0 Å². The lowest BCUT2D eigenvalue weighted by Gasteiger charge is -2.10.